The fourth-order valence-corrected chi connectivity index (χ4v) is 3.08. The molecule has 1 aliphatic heterocycles. The average Bonchev–Trinajstić information content (AvgIpc) is 3.30. The summed E-state index contributed by atoms with van der Waals surface area (Å²) in [4.78, 5) is 33.3. The predicted molar refractivity (Wildman–Crippen MR) is 109 cm³/mol. The molecule has 1 saturated heterocycles. The van der Waals surface area contributed by atoms with Gasteiger partial charge in [0.1, 0.15) is 6.10 Å². The second-order valence-electron chi connectivity index (χ2n) is 6.69. The molecule has 0 bridgehead atoms. The van der Waals surface area contributed by atoms with Crippen LogP contribution in [0.5, 0.6) is 0 Å². The van der Waals surface area contributed by atoms with Crippen molar-refractivity contribution in [2.45, 2.75) is 18.9 Å². The average molecular weight is 388 g/mol. The highest BCUT2D eigenvalue weighted by Gasteiger charge is 2.23. The van der Waals surface area contributed by atoms with E-state index in [9.17, 15) is 9.59 Å². The number of benzene rings is 2. The van der Waals surface area contributed by atoms with Gasteiger partial charge in [-0.15, -0.1) is 0 Å². The zero-order valence-corrected chi connectivity index (χ0v) is 15.7. The molecule has 4 rings (SSSR count). The molecule has 2 heterocycles. The van der Waals surface area contributed by atoms with E-state index in [4.69, 9.17) is 4.74 Å². The lowest BCUT2D eigenvalue weighted by Crippen LogP contribution is -2.27. The molecule has 3 aromatic rings. The third-order valence-electron chi connectivity index (χ3n) is 4.56. The number of amides is 2. The first-order valence-corrected chi connectivity index (χ1v) is 9.40. The molecule has 0 radical (unpaired) electrons. The lowest BCUT2D eigenvalue weighted by Gasteiger charge is -2.11. The first-order chi connectivity index (χ1) is 14.2. The maximum atomic E-state index is 12.6. The van der Waals surface area contributed by atoms with Crippen LogP contribution in [0.15, 0.2) is 67.0 Å². The number of ether oxygens (including phenoxy) is 1. The van der Waals surface area contributed by atoms with Crippen LogP contribution < -0.4 is 10.6 Å². The lowest BCUT2D eigenvalue weighted by atomic mass is 10.1. The highest BCUT2D eigenvalue weighted by molar-refractivity contribution is 6.05. The minimum atomic E-state index is -0.423. The highest BCUT2D eigenvalue weighted by atomic mass is 16.5. The van der Waals surface area contributed by atoms with Crippen LogP contribution in [-0.4, -0.2) is 34.5 Å². The van der Waals surface area contributed by atoms with Gasteiger partial charge in [0, 0.05) is 23.4 Å². The number of aromatic nitrogens is 2. The van der Waals surface area contributed by atoms with Crippen molar-refractivity contribution in [2.24, 2.45) is 0 Å². The van der Waals surface area contributed by atoms with E-state index >= 15 is 0 Å². The van der Waals surface area contributed by atoms with Crippen LogP contribution in [0.4, 0.5) is 11.4 Å². The van der Waals surface area contributed by atoms with Crippen molar-refractivity contribution in [1.29, 1.82) is 0 Å². The van der Waals surface area contributed by atoms with Crippen LogP contribution >= 0.6 is 0 Å². The van der Waals surface area contributed by atoms with Crippen molar-refractivity contribution in [3.63, 3.8) is 0 Å². The van der Waals surface area contributed by atoms with Crippen LogP contribution in [0, 0.1) is 0 Å². The van der Waals surface area contributed by atoms with Gasteiger partial charge >= 0.3 is 0 Å². The molecule has 1 unspecified atom stereocenters. The minimum Gasteiger partial charge on any atom is -0.368 e. The fourth-order valence-electron chi connectivity index (χ4n) is 3.08. The maximum absolute atomic E-state index is 12.6. The summed E-state index contributed by atoms with van der Waals surface area (Å²) in [5.41, 5.74) is 2.36. The number of carbonyl (C=O) groups is 2. The Morgan fingerprint density at radius 2 is 1.72 bits per heavy atom. The van der Waals surface area contributed by atoms with E-state index in [2.05, 4.69) is 20.6 Å². The van der Waals surface area contributed by atoms with Gasteiger partial charge < -0.3 is 15.4 Å². The van der Waals surface area contributed by atoms with Crippen molar-refractivity contribution in [3.05, 3.63) is 72.6 Å². The molecule has 29 heavy (non-hydrogen) atoms. The summed E-state index contributed by atoms with van der Waals surface area (Å²) in [6.45, 7) is 0.603. The summed E-state index contributed by atoms with van der Waals surface area (Å²) in [5.74, 6) is 0.0849. The molecule has 0 aliphatic carbocycles. The lowest BCUT2D eigenvalue weighted by molar-refractivity contribution is -0.124. The van der Waals surface area contributed by atoms with Crippen LogP contribution in [0.2, 0.25) is 0 Å². The van der Waals surface area contributed by atoms with Gasteiger partial charge in [-0.25, -0.2) is 9.97 Å². The highest BCUT2D eigenvalue weighted by Crippen LogP contribution is 2.18. The molecular formula is C22H20N4O3. The van der Waals surface area contributed by atoms with E-state index in [1.54, 1.807) is 36.7 Å². The molecule has 7 nitrogen and oxygen atoms in total. The molecule has 1 aromatic heterocycles. The smallest absolute Gasteiger partial charge is 0.255 e. The number of nitrogens with one attached hydrogen (secondary N) is 2. The monoisotopic (exact) mass is 388 g/mol. The zero-order valence-electron chi connectivity index (χ0n) is 15.7. The van der Waals surface area contributed by atoms with Crippen LogP contribution in [0.3, 0.4) is 0 Å². The summed E-state index contributed by atoms with van der Waals surface area (Å²) in [6.07, 6.45) is 4.30. The number of nitrogens with zero attached hydrogens (tertiary/aromatic N) is 2. The number of carbonyl (C=O) groups excluding carboxylic acids is 2. The molecular weight excluding hydrogens is 368 g/mol. The van der Waals surface area contributed by atoms with Crippen molar-refractivity contribution < 1.29 is 14.3 Å². The molecule has 7 heteroatoms. The van der Waals surface area contributed by atoms with Crippen molar-refractivity contribution in [1.82, 2.24) is 9.97 Å². The fraction of sp³-hybridized carbons (Fsp3) is 0.182. The van der Waals surface area contributed by atoms with Gasteiger partial charge in [-0.1, -0.05) is 36.4 Å². The Bertz CT molecular complexity index is 1000. The number of hydrogen-bond donors (Lipinski definition) is 2. The Balaban J connectivity index is 1.41. The van der Waals surface area contributed by atoms with Crippen LogP contribution in [-0.2, 0) is 9.53 Å². The Labute approximate surface area is 168 Å². The van der Waals surface area contributed by atoms with E-state index in [-0.39, 0.29) is 11.8 Å². The SMILES string of the molecule is O=C(Nc1cnc(-c2ccccc2)nc1)c1cccc(NC(=O)C2CCCO2)c1. The molecule has 0 spiro atoms. The standard InChI is InChI=1S/C22H20N4O3/c27-21(26-18-13-23-20(24-14-18)15-6-2-1-3-7-15)16-8-4-9-17(12-16)25-22(28)19-10-5-11-29-19/h1-4,6-9,12-14,19H,5,10-11H2,(H,25,28)(H,26,27). The van der Waals surface area contributed by atoms with E-state index in [1.165, 1.54) is 0 Å². The molecule has 2 N–H and O–H groups in total. The summed E-state index contributed by atoms with van der Waals surface area (Å²) in [7, 11) is 0. The van der Waals surface area contributed by atoms with Crippen LogP contribution in [0.1, 0.15) is 23.2 Å². The second-order valence-corrected chi connectivity index (χ2v) is 6.69. The van der Waals surface area contributed by atoms with Gasteiger partial charge in [-0.3, -0.25) is 9.59 Å². The largest absolute Gasteiger partial charge is 0.368 e. The molecule has 146 valence electrons. The van der Waals surface area contributed by atoms with Gasteiger partial charge in [0.25, 0.3) is 11.8 Å². The van der Waals surface area contributed by atoms with Crippen molar-refractivity contribution in [2.75, 3.05) is 17.2 Å². The number of rotatable bonds is 5. The minimum absolute atomic E-state index is 0.190. The summed E-state index contributed by atoms with van der Waals surface area (Å²) >= 11 is 0. The van der Waals surface area contributed by atoms with Gasteiger partial charge in [0.05, 0.1) is 18.1 Å². The van der Waals surface area contributed by atoms with E-state index in [0.717, 1.165) is 12.0 Å². The van der Waals surface area contributed by atoms with Gasteiger partial charge in [-0.05, 0) is 31.0 Å². The third kappa shape index (κ3) is 4.64. The summed E-state index contributed by atoms with van der Waals surface area (Å²) in [6, 6.07) is 16.4. The molecule has 1 aliphatic rings. The normalized spacial score (nSPS) is 15.7. The number of hydrogen-bond acceptors (Lipinski definition) is 5. The third-order valence-corrected chi connectivity index (χ3v) is 4.56. The molecule has 1 fully saturated rings. The Hall–Kier alpha value is -3.58. The first kappa shape index (κ1) is 18.8. The van der Waals surface area contributed by atoms with Gasteiger partial charge in [0.2, 0.25) is 0 Å². The zero-order chi connectivity index (χ0) is 20.1. The van der Waals surface area contributed by atoms with Gasteiger partial charge in [-0.2, -0.15) is 0 Å². The summed E-state index contributed by atoms with van der Waals surface area (Å²) < 4.78 is 5.38. The molecule has 2 amide bonds. The first-order valence-electron chi connectivity index (χ1n) is 9.40. The molecule has 0 saturated carbocycles. The van der Waals surface area contributed by atoms with Crippen LogP contribution in [0.25, 0.3) is 11.4 Å². The van der Waals surface area contributed by atoms with E-state index < -0.39 is 6.10 Å². The quantitative estimate of drug-likeness (QED) is 0.698. The Morgan fingerprint density at radius 3 is 2.45 bits per heavy atom. The van der Waals surface area contributed by atoms with Crippen molar-refractivity contribution >= 4 is 23.2 Å². The van der Waals surface area contributed by atoms with Gasteiger partial charge in [0.15, 0.2) is 5.82 Å². The Morgan fingerprint density at radius 1 is 0.931 bits per heavy atom. The second kappa shape index (κ2) is 8.62. The topological polar surface area (TPSA) is 93.2 Å². The number of anilines is 2. The van der Waals surface area contributed by atoms with Crippen molar-refractivity contribution in [3.8, 4) is 11.4 Å². The summed E-state index contributed by atoms with van der Waals surface area (Å²) in [5, 5.41) is 5.57. The van der Waals surface area contributed by atoms with E-state index in [0.29, 0.717) is 35.8 Å². The van der Waals surface area contributed by atoms with E-state index in [1.807, 2.05) is 30.3 Å². The molecule has 1 atom stereocenters. The maximum Gasteiger partial charge on any atom is 0.255 e. The predicted octanol–water partition coefficient (Wildman–Crippen LogP) is 3.51. The molecule has 2 aromatic carbocycles. The Kier molecular flexibility index (Phi) is 5.58.